The van der Waals surface area contributed by atoms with E-state index in [0.717, 1.165) is 5.56 Å². The van der Waals surface area contributed by atoms with Crippen LogP contribution in [-0.2, 0) is 10.2 Å². The third kappa shape index (κ3) is 4.33. The number of rotatable bonds is 4. The van der Waals surface area contributed by atoms with Crippen molar-refractivity contribution in [3.8, 4) is 0 Å². The van der Waals surface area contributed by atoms with Crippen molar-refractivity contribution in [1.29, 1.82) is 0 Å². The molecule has 0 aliphatic carbocycles. The highest BCUT2D eigenvalue weighted by Crippen LogP contribution is 2.17. The van der Waals surface area contributed by atoms with E-state index >= 15 is 0 Å². The Bertz CT molecular complexity index is 852. The summed E-state index contributed by atoms with van der Waals surface area (Å²) in [5.41, 5.74) is 0.807. The Morgan fingerprint density at radius 2 is 1.88 bits per heavy atom. The molecule has 0 bridgehead atoms. The second-order valence-corrected chi connectivity index (χ2v) is 7.03. The number of hydrogen-bond acceptors (Lipinski definition) is 7. The van der Waals surface area contributed by atoms with Gasteiger partial charge in [0.2, 0.25) is 5.16 Å². The summed E-state index contributed by atoms with van der Waals surface area (Å²) in [6.07, 6.45) is 3.34. The molecular weight excluding hydrogens is 340 g/mol. The van der Waals surface area contributed by atoms with Gasteiger partial charge in [0.05, 0.1) is 18.9 Å². The molecule has 8 heteroatoms. The van der Waals surface area contributed by atoms with Crippen molar-refractivity contribution in [2.24, 2.45) is 5.10 Å². The van der Waals surface area contributed by atoms with E-state index in [1.54, 1.807) is 30.5 Å². The Hall–Kier alpha value is -2.48. The predicted octanol–water partition coefficient (Wildman–Crippen LogP) is 2.33. The maximum Gasteiger partial charge on any atom is 0.337 e. The number of esters is 1. The molecule has 0 N–H and O–H groups in total. The van der Waals surface area contributed by atoms with Crippen molar-refractivity contribution in [1.82, 2.24) is 14.9 Å². The standard InChI is InChI=1S/C17H20N4O3S/c1-17(2,3)13-14(22)21(16(25-5)20-19-13)18-10-11-6-8-12(9-7-11)15(23)24-4/h6-10H,1-5H3/b18-10-. The molecule has 132 valence electrons. The molecule has 2 aromatic rings. The number of nitrogens with zero attached hydrogens (tertiary/aromatic N) is 4. The Labute approximate surface area is 150 Å². The van der Waals surface area contributed by atoms with Gasteiger partial charge in [0.1, 0.15) is 5.69 Å². The van der Waals surface area contributed by atoms with Crippen molar-refractivity contribution in [3.05, 3.63) is 51.4 Å². The number of carbonyl (C=O) groups excluding carboxylic acids is 1. The minimum atomic E-state index is -0.430. The van der Waals surface area contributed by atoms with Gasteiger partial charge >= 0.3 is 5.97 Å². The SMILES string of the molecule is COC(=O)c1ccc(/C=N\n2c(SC)nnc(C(C)(C)C)c2=O)cc1. The zero-order chi connectivity index (χ0) is 18.6. The van der Waals surface area contributed by atoms with E-state index in [9.17, 15) is 9.59 Å². The van der Waals surface area contributed by atoms with E-state index in [1.165, 1.54) is 29.8 Å². The van der Waals surface area contributed by atoms with Gasteiger partial charge in [-0.05, 0) is 24.0 Å². The lowest BCUT2D eigenvalue weighted by molar-refractivity contribution is 0.0600. The topological polar surface area (TPSA) is 86.4 Å². The molecule has 0 saturated heterocycles. The van der Waals surface area contributed by atoms with E-state index in [2.05, 4.69) is 20.0 Å². The normalized spacial score (nSPS) is 11.7. The predicted molar refractivity (Wildman–Crippen MR) is 97.5 cm³/mol. The molecule has 0 amide bonds. The highest BCUT2D eigenvalue weighted by atomic mass is 32.2. The summed E-state index contributed by atoms with van der Waals surface area (Å²) >= 11 is 1.29. The quantitative estimate of drug-likeness (QED) is 0.472. The van der Waals surface area contributed by atoms with Crippen LogP contribution in [0, 0.1) is 0 Å². The molecule has 0 aliphatic rings. The van der Waals surface area contributed by atoms with Gasteiger partial charge in [0.15, 0.2) is 0 Å². The number of aromatic nitrogens is 3. The average molecular weight is 360 g/mol. The minimum absolute atomic E-state index is 0.297. The van der Waals surface area contributed by atoms with Gasteiger partial charge < -0.3 is 4.74 Å². The van der Waals surface area contributed by atoms with Crippen molar-refractivity contribution >= 4 is 23.9 Å². The maximum atomic E-state index is 12.7. The fourth-order valence-electron chi connectivity index (χ4n) is 2.01. The van der Waals surface area contributed by atoms with Crippen LogP contribution in [0.3, 0.4) is 0 Å². The Balaban J connectivity index is 2.40. The third-order valence-electron chi connectivity index (χ3n) is 3.36. The third-order valence-corrected chi connectivity index (χ3v) is 3.98. The first-order valence-corrected chi connectivity index (χ1v) is 8.77. The monoisotopic (exact) mass is 360 g/mol. The molecule has 7 nitrogen and oxygen atoms in total. The number of ether oxygens (including phenoxy) is 1. The molecule has 0 radical (unpaired) electrons. The van der Waals surface area contributed by atoms with Crippen LogP contribution in [-0.4, -0.2) is 40.4 Å². The van der Waals surface area contributed by atoms with Crippen molar-refractivity contribution in [2.75, 3.05) is 13.4 Å². The molecule has 25 heavy (non-hydrogen) atoms. The zero-order valence-electron chi connectivity index (χ0n) is 14.8. The minimum Gasteiger partial charge on any atom is -0.465 e. The lowest BCUT2D eigenvalue weighted by atomic mass is 9.93. The van der Waals surface area contributed by atoms with Crippen molar-refractivity contribution in [2.45, 2.75) is 31.3 Å². The summed E-state index contributed by atoms with van der Waals surface area (Å²) < 4.78 is 5.90. The highest BCUT2D eigenvalue weighted by Gasteiger charge is 2.23. The van der Waals surface area contributed by atoms with Gasteiger partial charge in [0, 0.05) is 5.41 Å². The Kier molecular flexibility index (Phi) is 5.73. The summed E-state index contributed by atoms with van der Waals surface area (Å²) in [4.78, 5) is 24.1. The summed E-state index contributed by atoms with van der Waals surface area (Å²) in [7, 11) is 1.33. The van der Waals surface area contributed by atoms with Gasteiger partial charge in [-0.3, -0.25) is 4.79 Å². The second-order valence-electron chi connectivity index (χ2n) is 6.26. The molecule has 0 unspecified atom stereocenters. The van der Waals surface area contributed by atoms with E-state index in [1.807, 2.05) is 20.8 Å². The molecule has 0 spiro atoms. The van der Waals surface area contributed by atoms with Crippen LogP contribution in [0.5, 0.6) is 0 Å². The fraction of sp³-hybridized carbons (Fsp3) is 0.353. The van der Waals surface area contributed by atoms with Crippen LogP contribution in [0.15, 0.2) is 39.3 Å². The molecule has 0 saturated carbocycles. The van der Waals surface area contributed by atoms with Crippen LogP contribution in [0.4, 0.5) is 0 Å². The largest absolute Gasteiger partial charge is 0.465 e. The van der Waals surface area contributed by atoms with Crippen LogP contribution in [0.1, 0.15) is 42.4 Å². The van der Waals surface area contributed by atoms with Crippen LogP contribution < -0.4 is 5.56 Å². The molecule has 2 rings (SSSR count). The van der Waals surface area contributed by atoms with E-state index in [0.29, 0.717) is 16.4 Å². The molecule has 0 atom stereocenters. The summed E-state index contributed by atoms with van der Waals surface area (Å²) in [5, 5.41) is 12.8. The first-order chi connectivity index (χ1) is 11.8. The molecule has 1 heterocycles. The smallest absolute Gasteiger partial charge is 0.337 e. The zero-order valence-corrected chi connectivity index (χ0v) is 15.6. The molecule has 1 aromatic carbocycles. The van der Waals surface area contributed by atoms with Gasteiger partial charge in [-0.2, -0.15) is 9.78 Å². The van der Waals surface area contributed by atoms with Gasteiger partial charge in [-0.15, -0.1) is 10.2 Å². The molecule has 0 aliphatic heterocycles. The fourth-order valence-corrected chi connectivity index (χ4v) is 2.44. The Morgan fingerprint density at radius 1 is 1.24 bits per heavy atom. The lowest BCUT2D eigenvalue weighted by Gasteiger charge is -2.16. The molecule has 0 fully saturated rings. The summed E-state index contributed by atoms with van der Waals surface area (Å²) in [6, 6.07) is 6.71. The van der Waals surface area contributed by atoms with Crippen molar-refractivity contribution < 1.29 is 9.53 Å². The number of hydrogen-bond donors (Lipinski definition) is 0. The van der Waals surface area contributed by atoms with E-state index < -0.39 is 11.4 Å². The molecule has 1 aromatic heterocycles. The van der Waals surface area contributed by atoms with Gasteiger partial charge in [0.25, 0.3) is 5.56 Å². The Morgan fingerprint density at radius 3 is 2.40 bits per heavy atom. The van der Waals surface area contributed by atoms with E-state index in [-0.39, 0.29) is 5.56 Å². The number of methoxy groups -OCH3 is 1. The van der Waals surface area contributed by atoms with Crippen molar-refractivity contribution in [3.63, 3.8) is 0 Å². The average Bonchev–Trinajstić information content (AvgIpc) is 2.59. The molecular formula is C17H20N4O3S. The number of benzene rings is 1. The second kappa shape index (κ2) is 7.60. The van der Waals surface area contributed by atoms with Gasteiger partial charge in [-0.1, -0.05) is 44.7 Å². The number of carbonyl (C=O) groups is 1. The summed E-state index contributed by atoms with van der Waals surface area (Å²) in [5.74, 6) is -0.405. The van der Waals surface area contributed by atoms with Crippen LogP contribution in [0.25, 0.3) is 0 Å². The summed E-state index contributed by atoms with van der Waals surface area (Å²) in [6.45, 7) is 5.70. The maximum absolute atomic E-state index is 12.7. The first-order valence-electron chi connectivity index (χ1n) is 7.55. The van der Waals surface area contributed by atoms with Crippen LogP contribution in [0.2, 0.25) is 0 Å². The first kappa shape index (κ1) is 18.9. The van der Waals surface area contributed by atoms with Gasteiger partial charge in [-0.25, -0.2) is 4.79 Å². The van der Waals surface area contributed by atoms with Crippen LogP contribution >= 0.6 is 11.8 Å². The van der Waals surface area contributed by atoms with E-state index in [4.69, 9.17) is 0 Å². The lowest BCUT2D eigenvalue weighted by Crippen LogP contribution is -2.32. The number of thioether (sulfide) groups is 1. The highest BCUT2D eigenvalue weighted by molar-refractivity contribution is 7.98.